The molecule has 5 nitrogen and oxygen atoms in total. The molecule has 0 aliphatic rings. The molecule has 2 rings (SSSR count). The first-order valence-electron chi connectivity index (χ1n) is 6.99. The molecule has 2 aromatic rings. The molecule has 0 aromatic heterocycles. The Morgan fingerprint density at radius 1 is 1.21 bits per heavy atom. The molecule has 1 unspecified atom stereocenters. The van der Waals surface area contributed by atoms with Crippen LogP contribution in [0.5, 0.6) is 0 Å². The Hall–Kier alpha value is -2.10. The van der Waals surface area contributed by atoms with E-state index in [2.05, 4.69) is 10.6 Å². The summed E-state index contributed by atoms with van der Waals surface area (Å²) in [5, 5.41) is 14.1. The smallest absolute Gasteiger partial charge is 0.187 e. The normalized spacial score (nSPS) is 12.5. The second-order valence-corrected chi connectivity index (χ2v) is 5.60. The van der Waals surface area contributed by atoms with Gasteiger partial charge in [0.1, 0.15) is 19.3 Å². The standard InChI is InChI=1S/C17H15Cl2N3O2/c1-21-24-17(11-7-12(18)9-13(19)8-11)15-6-4-3-5-14(15)16(10-20)22-23-2/h3-9,17,21H,1-2H3/b22-16+. The second-order valence-electron chi connectivity index (χ2n) is 4.73. The number of benzene rings is 2. The Balaban J connectivity index is 2.61. The molecule has 124 valence electrons. The summed E-state index contributed by atoms with van der Waals surface area (Å²) in [6.45, 7) is 0. The van der Waals surface area contributed by atoms with Crippen LogP contribution in [0.3, 0.4) is 0 Å². The number of hydrogen-bond acceptors (Lipinski definition) is 5. The molecule has 0 bridgehead atoms. The summed E-state index contributed by atoms with van der Waals surface area (Å²) in [5.41, 5.74) is 4.88. The maximum Gasteiger partial charge on any atom is 0.187 e. The maximum atomic E-state index is 9.35. The van der Waals surface area contributed by atoms with Gasteiger partial charge in [-0.15, -0.1) is 0 Å². The van der Waals surface area contributed by atoms with E-state index in [0.29, 0.717) is 15.6 Å². The van der Waals surface area contributed by atoms with Gasteiger partial charge < -0.3 is 4.84 Å². The van der Waals surface area contributed by atoms with Gasteiger partial charge in [0.05, 0.1) is 0 Å². The molecule has 1 N–H and O–H groups in total. The van der Waals surface area contributed by atoms with E-state index in [0.717, 1.165) is 11.1 Å². The first kappa shape index (κ1) is 18.2. The maximum absolute atomic E-state index is 9.35. The molecule has 0 radical (unpaired) electrons. The lowest BCUT2D eigenvalue weighted by Gasteiger charge is -2.20. The molecule has 0 amide bonds. The Bertz CT molecular complexity index is 767. The number of hydroxylamine groups is 1. The van der Waals surface area contributed by atoms with Crippen LogP contribution >= 0.6 is 23.2 Å². The van der Waals surface area contributed by atoms with E-state index >= 15 is 0 Å². The monoisotopic (exact) mass is 363 g/mol. The van der Waals surface area contributed by atoms with Gasteiger partial charge >= 0.3 is 0 Å². The van der Waals surface area contributed by atoms with Crippen molar-refractivity contribution in [2.45, 2.75) is 6.10 Å². The van der Waals surface area contributed by atoms with Gasteiger partial charge in [-0.05, 0) is 29.3 Å². The molecule has 0 spiro atoms. The highest BCUT2D eigenvalue weighted by Crippen LogP contribution is 2.32. The fourth-order valence-corrected chi connectivity index (χ4v) is 2.86. The quantitative estimate of drug-likeness (QED) is 0.619. The Kier molecular flexibility index (Phi) is 6.59. The minimum absolute atomic E-state index is 0.144. The zero-order valence-corrected chi connectivity index (χ0v) is 14.6. The van der Waals surface area contributed by atoms with Gasteiger partial charge in [-0.3, -0.25) is 4.84 Å². The molecule has 0 saturated carbocycles. The first-order valence-corrected chi connectivity index (χ1v) is 7.75. The Labute approximate surface area is 150 Å². The van der Waals surface area contributed by atoms with Crippen molar-refractivity contribution in [3.63, 3.8) is 0 Å². The molecule has 0 heterocycles. The Morgan fingerprint density at radius 3 is 2.46 bits per heavy atom. The minimum Gasteiger partial charge on any atom is -0.398 e. The van der Waals surface area contributed by atoms with Gasteiger partial charge in [0, 0.05) is 22.7 Å². The van der Waals surface area contributed by atoms with Crippen LogP contribution in [0, 0.1) is 11.3 Å². The number of rotatable bonds is 6. The van der Waals surface area contributed by atoms with Gasteiger partial charge in [-0.2, -0.15) is 5.26 Å². The number of halogens is 2. The molecule has 7 heteroatoms. The lowest BCUT2D eigenvalue weighted by atomic mass is 9.94. The largest absolute Gasteiger partial charge is 0.398 e. The average Bonchev–Trinajstić information content (AvgIpc) is 2.57. The SMILES string of the molecule is CNOC(c1cc(Cl)cc(Cl)c1)c1ccccc1/C(C#N)=N/OC. The van der Waals surface area contributed by atoms with E-state index in [-0.39, 0.29) is 5.71 Å². The summed E-state index contributed by atoms with van der Waals surface area (Å²) in [4.78, 5) is 10.4. The fourth-order valence-electron chi connectivity index (χ4n) is 2.32. The molecule has 2 aromatic carbocycles. The highest BCUT2D eigenvalue weighted by atomic mass is 35.5. The Morgan fingerprint density at radius 2 is 1.88 bits per heavy atom. The summed E-state index contributed by atoms with van der Waals surface area (Å²) >= 11 is 12.2. The van der Waals surface area contributed by atoms with Crippen LogP contribution in [0.1, 0.15) is 22.8 Å². The van der Waals surface area contributed by atoms with Gasteiger partial charge in [0.2, 0.25) is 0 Å². The van der Waals surface area contributed by atoms with Crippen molar-refractivity contribution in [1.82, 2.24) is 5.48 Å². The second kappa shape index (κ2) is 8.67. The van der Waals surface area contributed by atoms with Crippen LogP contribution in [0.4, 0.5) is 0 Å². The molecule has 24 heavy (non-hydrogen) atoms. The molecule has 0 aliphatic carbocycles. The number of oxime groups is 1. The molecule has 0 saturated heterocycles. The van der Waals surface area contributed by atoms with Gasteiger partial charge in [0.15, 0.2) is 5.71 Å². The van der Waals surface area contributed by atoms with Crippen molar-refractivity contribution >= 4 is 28.9 Å². The van der Waals surface area contributed by atoms with Crippen molar-refractivity contribution in [3.8, 4) is 6.07 Å². The lowest BCUT2D eigenvalue weighted by Crippen LogP contribution is -2.18. The van der Waals surface area contributed by atoms with Crippen molar-refractivity contribution in [3.05, 3.63) is 69.2 Å². The average molecular weight is 364 g/mol. The van der Waals surface area contributed by atoms with Crippen LogP contribution in [-0.2, 0) is 9.68 Å². The first-order chi connectivity index (χ1) is 11.6. The van der Waals surface area contributed by atoms with Crippen molar-refractivity contribution < 1.29 is 9.68 Å². The molecule has 1 atom stereocenters. The van der Waals surface area contributed by atoms with E-state index in [9.17, 15) is 5.26 Å². The number of nitriles is 1. The van der Waals surface area contributed by atoms with E-state index in [1.54, 1.807) is 31.3 Å². The third-order valence-corrected chi connectivity index (χ3v) is 3.65. The van der Waals surface area contributed by atoms with Crippen LogP contribution in [-0.4, -0.2) is 19.9 Å². The van der Waals surface area contributed by atoms with Crippen molar-refractivity contribution in [2.75, 3.05) is 14.2 Å². The number of nitrogens with one attached hydrogen (secondary N) is 1. The van der Waals surface area contributed by atoms with Crippen LogP contribution < -0.4 is 5.48 Å². The highest BCUT2D eigenvalue weighted by Gasteiger charge is 2.22. The van der Waals surface area contributed by atoms with Crippen LogP contribution in [0.2, 0.25) is 10.0 Å². The highest BCUT2D eigenvalue weighted by molar-refractivity contribution is 6.34. The summed E-state index contributed by atoms with van der Waals surface area (Å²) in [6, 6.07) is 14.4. The predicted molar refractivity (Wildman–Crippen MR) is 94.1 cm³/mol. The molecular formula is C17H15Cl2N3O2. The van der Waals surface area contributed by atoms with E-state index in [1.165, 1.54) is 7.11 Å². The van der Waals surface area contributed by atoms with Crippen molar-refractivity contribution in [2.24, 2.45) is 5.16 Å². The summed E-state index contributed by atoms with van der Waals surface area (Å²) in [7, 11) is 3.04. The summed E-state index contributed by atoms with van der Waals surface area (Å²) in [6.07, 6.45) is -0.544. The van der Waals surface area contributed by atoms with Gasteiger partial charge in [-0.1, -0.05) is 52.6 Å². The van der Waals surface area contributed by atoms with E-state index in [4.69, 9.17) is 32.9 Å². The topological polar surface area (TPSA) is 66.6 Å². The number of nitrogens with zero attached hydrogens (tertiary/aromatic N) is 2. The zero-order chi connectivity index (χ0) is 17.5. The third-order valence-electron chi connectivity index (χ3n) is 3.21. The predicted octanol–water partition coefficient (Wildman–Crippen LogP) is 4.11. The van der Waals surface area contributed by atoms with Crippen LogP contribution in [0.25, 0.3) is 0 Å². The summed E-state index contributed by atoms with van der Waals surface area (Å²) < 4.78 is 0. The van der Waals surface area contributed by atoms with E-state index < -0.39 is 6.10 Å². The minimum atomic E-state index is -0.544. The zero-order valence-electron chi connectivity index (χ0n) is 13.1. The third kappa shape index (κ3) is 4.25. The molecule has 0 fully saturated rings. The van der Waals surface area contributed by atoms with E-state index in [1.807, 2.05) is 24.3 Å². The van der Waals surface area contributed by atoms with Gasteiger partial charge in [0.25, 0.3) is 0 Å². The van der Waals surface area contributed by atoms with Gasteiger partial charge in [-0.25, -0.2) is 5.48 Å². The lowest BCUT2D eigenvalue weighted by molar-refractivity contribution is 0.00964. The summed E-state index contributed by atoms with van der Waals surface area (Å²) in [5.74, 6) is 0. The van der Waals surface area contributed by atoms with Crippen LogP contribution in [0.15, 0.2) is 47.6 Å². The number of hydrogen-bond donors (Lipinski definition) is 1. The molecule has 0 aliphatic heterocycles. The van der Waals surface area contributed by atoms with Crippen molar-refractivity contribution in [1.29, 1.82) is 5.26 Å². The molecular weight excluding hydrogens is 349 g/mol. The fraction of sp³-hybridized carbons (Fsp3) is 0.176.